The van der Waals surface area contributed by atoms with E-state index in [1.54, 1.807) is 12.4 Å². The Labute approximate surface area is 117 Å². The van der Waals surface area contributed by atoms with Crippen molar-refractivity contribution < 1.29 is 4.79 Å². The quantitative estimate of drug-likeness (QED) is 0.737. The summed E-state index contributed by atoms with van der Waals surface area (Å²) in [5.74, 6) is 0.359. The molecule has 7 nitrogen and oxygen atoms in total. The fourth-order valence-electron chi connectivity index (χ4n) is 1.63. The smallest absolute Gasteiger partial charge is 0.271 e. The molecule has 0 saturated heterocycles. The SMILES string of the molecule is CCCNc1cncc(C(=O)NCc2cn[nH]c2C)n1. The zero-order valence-corrected chi connectivity index (χ0v) is 11.6. The molecule has 0 saturated carbocycles. The summed E-state index contributed by atoms with van der Waals surface area (Å²) in [5, 5.41) is 12.6. The fourth-order valence-corrected chi connectivity index (χ4v) is 1.63. The van der Waals surface area contributed by atoms with Crippen LogP contribution in [0.5, 0.6) is 0 Å². The molecule has 0 aliphatic carbocycles. The van der Waals surface area contributed by atoms with Gasteiger partial charge < -0.3 is 10.6 Å². The zero-order valence-electron chi connectivity index (χ0n) is 11.6. The van der Waals surface area contributed by atoms with E-state index in [1.807, 2.05) is 6.92 Å². The molecular weight excluding hydrogens is 256 g/mol. The van der Waals surface area contributed by atoms with Gasteiger partial charge in [-0.3, -0.25) is 14.9 Å². The highest BCUT2D eigenvalue weighted by atomic mass is 16.1. The van der Waals surface area contributed by atoms with Crippen LogP contribution in [0.1, 0.15) is 35.1 Å². The van der Waals surface area contributed by atoms with Crippen molar-refractivity contribution in [1.82, 2.24) is 25.5 Å². The average molecular weight is 274 g/mol. The number of aryl methyl sites for hydroxylation is 1. The van der Waals surface area contributed by atoms with Gasteiger partial charge in [-0.2, -0.15) is 5.10 Å². The van der Waals surface area contributed by atoms with E-state index in [1.165, 1.54) is 6.20 Å². The lowest BCUT2D eigenvalue weighted by Gasteiger charge is -2.06. The minimum atomic E-state index is -0.252. The van der Waals surface area contributed by atoms with Gasteiger partial charge in [0.2, 0.25) is 0 Å². The molecule has 0 bridgehead atoms. The Bertz CT molecular complexity index is 580. The number of aromatic nitrogens is 4. The highest BCUT2D eigenvalue weighted by Crippen LogP contribution is 2.04. The summed E-state index contributed by atoms with van der Waals surface area (Å²) in [6.45, 7) is 5.18. The van der Waals surface area contributed by atoms with E-state index in [0.29, 0.717) is 18.1 Å². The van der Waals surface area contributed by atoms with Crippen LogP contribution < -0.4 is 10.6 Å². The molecule has 0 aromatic carbocycles. The lowest BCUT2D eigenvalue weighted by atomic mass is 10.2. The van der Waals surface area contributed by atoms with Crippen LogP contribution in [-0.2, 0) is 6.54 Å². The fraction of sp³-hybridized carbons (Fsp3) is 0.385. The van der Waals surface area contributed by atoms with Crippen LogP contribution in [0.3, 0.4) is 0 Å². The number of carbonyl (C=O) groups excluding carboxylic acids is 1. The minimum Gasteiger partial charge on any atom is -0.369 e. The minimum absolute atomic E-state index is 0.252. The van der Waals surface area contributed by atoms with Gasteiger partial charge in [-0.15, -0.1) is 0 Å². The van der Waals surface area contributed by atoms with Crippen molar-refractivity contribution in [2.45, 2.75) is 26.8 Å². The van der Waals surface area contributed by atoms with Crippen LogP contribution >= 0.6 is 0 Å². The van der Waals surface area contributed by atoms with Crippen LogP contribution in [0, 0.1) is 6.92 Å². The summed E-state index contributed by atoms with van der Waals surface area (Å²) in [6, 6.07) is 0. The molecule has 0 aliphatic rings. The normalized spacial score (nSPS) is 10.3. The molecule has 0 aliphatic heterocycles. The molecule has 106 valence electrons. The van der Waals surface area contributed by atoms with Crippen LogP contribution in [0.15, 0.2) is 18.6 Å². The Morgan fingerprint density at radius 1 is 1.35 bits per heavy atom. The molecule has 0 atom stereocenters. The van der Waals surface area contributed by atoms with E-state index in [0.717, 1.165) is 24.2 Å². The van der Waals surface area contributed by atoms with Gasteiger partial charge >= 0.3 is 0 Å². The highest BCUT2D eigenvalue weighted by molar-refractivity contribution is 5.92. The second kappa shape index (κ2) is 6.65. The van der Waals surface area contributed by atoms with Gasteiger partial charge in [0.1, 0.15) is 11.5 Å². The van der Waals surface area contributed by atoms with Gasteiger partial charge in [0.05, 0.1) is 18.6 Å². The van der Waals surface area contributed by atoms with Gasteiger partial charge in [-0.25, -0.2) is 4.98 Å². The second-order valence-corrected chi connectivity index (χ2v) is 4.42. The van der Waals surface area contributed by atoms with Crippen molar-refractivity contribution in [2.75, 3.05) is 11.9 Å². The maximum absolute atomic E-state index is 12.0. The number of nitrogens with one attached hydrogen (secondary N) is 3. The molecule has 0 unspecified atom stereocenters. The summed E-state index contributed by atoms with van der Waals surface area (Å²) in [4.78, 5) is 20.2. The Kier molecular flexibility index (Phi) is 4.65. The van der Waals surface area contributed by atoms with Crippen molar-refractivity contribution >= 4 is 11.7 Å². The summed E-state index contributed by atoms with van der Waals surface area (Å²) < 4.78 is 0. The van der Waals surface area contributed by atoms with E-state index < -0.39 is 0 Å². The monoisotopic (exact) mass is 274 g/mol. The molecule has 2 aromatic rings. The molecular formula is C13H18N6O. The van der Waals surface area contributed by atoms with Gasteiger partial charge in [0.25, 0.3) is 5.91 Å². The number of aromatic amines is 1. The zero-order chi connectivity index (χ0) is 14.4. The summed E-state index contributed by atoms with van der Waals surface area (Å²) >= 11 is 0. The first-order valence-electron chi connectivity index (χ1n) is 6.53. The number of hydrogen-bond donors (Lipinski definition) is 3. The van der Waals surface area contributed by atoms with E-state index in [2.05, 4.69) is 37.7 Å². The van der Waals surface area contributed by atoms with Crippen LogP contribution in [0.4, 0.5) is 5.82 Å². The van der Waals surface area contributed by atoms with E-state index >= 15 is 0 Å². The van der Waals surface area contributed by atoms with Gasteiger partial charge in [0, 0.05) is 24.3 Å². The second-order valence-electron chi connectivity index (χ2n) is 4.42. The van der Waals surface area contributed by atoms with E-state index in [4.69, 9.17) is 0 Å². The number of anilines is 1. The van der Waals surface area contributed by atoms with Gasteiger partial charge in [-0.1, -0.05) is 6.92 Å². The molecule has 2 rings (SSSR count). The summed E-state index contributed by atoms with van der Waals surface area (Å²) in [6.07, 6.45) is 5.74. The van der Waals surface area contributed by atoms with E-state index in [-0.39, 0.29) is 5.91 Å². The van der Waals surface area contributed by atoms with Crippen LogP contribution in [-0.4, -0.2) is 32.6 Å². The predicted octanol–water partition coefficient (Wildman–Crippen LogP) is 1.26. The first-order chi connectivity index (χ1) is 9.70. The molecule has 1 amide bonds. The maximum Gasteiger partial charge on any atom is 0.271 e. The van der Waals surface area contributed by atoms with Crippen molar-refractivity contribution in [3.63, 3.8) is 0 Å². The van der Waals surface area contributed by atoms with Crippen molar-refractivity contribution in [2.24, 2.45) is 0 Å². The average Bonchev–Trinajstić information content (AvgIpc) is 2.88. The van der Waals surface area contributed by atoms with Crippen molar-refractivity contribution in [1.29, 1.82) is 0 Å². The number of rotatable bonds is 6. The number of amides is 1. The van der Waals surface area contributed by atoms with Crippen LogP contribution in [0.2, 0.25) is 0 Å². The Morgan fingerprint density at radius 2 is 2.20 bits per heavy atom. The third-order valence-corrected chi connectivity index (χ3v) is 2.80. The first kappa shape index (κ1) is 14.0. The van der Waals surface area contributed by atoms with Gasteiger partial charge in [0.15, 0.2) is 0 Å². The Hall–Kier alpha value is -2.44. The maximum atomic E-state index is 12.0. The molecule has 2 heterocycles. The molecule has 0 radical (unpaired) electrons. The first-order valence-corrected chi connectivity index (χ1v) is 6.53. The highest BCUT2D eigenvalue weighted by Gasteiger charge is 2.09. The van der Waals surface area contributed by atoms with Gasteiger partial charge in [-0.05, 0) is 13.3 Å². The summed E-state index contributed by atoms with van der Waals surface area (Å²) in [7, 11) is 0. The number of H-pyrrole nitrogens is 1. The Balaban J connectivity index is 1.96. The predicted molar refractivity (Wildman–Crippen MR) is 75.3 cm³/mol. The number of carbonyl (C=O) groups is 1. The Morgan fingerprint density at radius 3 is 2.90 bits per heavy atom. The molecule has 7 heteroatoms. The van der Waals surface area contributed by atoms with E-state index in [9.17, 15) is 4.79 Å². The lowest BCUT2D eigenvalue weighted by molar-refractivity contribution is 0.0945. The lowest BCUT2D eigenvalue weighted by Crippen LogP contribution is -2.24. The molecule has 3 N–H and O–H groups in total. The third kappa shape index (κ3) is 3.53. The largest absolute Gasteiger partial charge is 0.369 e. The number of nitrogens with zero attached hydrogens (tertiary/aromatic N) is 3. The van der Waals surface area contributed by atoms with Crippen LogP contribution in [0.25, 0.3) is 0 Å². The van der Waals surface area contributed by atoms with Crippen molar-refractivity contribution in [3.05, 3.63) is 35.5 Å². The summed E-state index contributed by atoms with van der Waals surface area (Å²) in [5.41, 5.74) is 2.19. The van der Waals surface area contributed by atoms with Crippen molar-refractivity contribution in [3.8, 4) is 0 Å². The molecule has 20 heavy (non-hydrogen) atoms. The molecule has 2 aromatic heterocycles. The topological polar surface area (TPSA) is 95.6 Å². The molecule has 0 fully saturated rings. The number of hydrogen-bond acceptors (Lipinski definition) is 5. The molecule has 0 spiro atoms. The standard InChI is InChI=1S/C13H18N6O/c1-3-4-15-12-8-14-7-11(18-12)13(20)16-5-10-6-17-19-9(10)2/h6-8H,3-5H2,1-2H3,(H,15,18)(H,16,20)(H,17,19). The third-order valence-electron chi connectivity index (χ3n) is 2.80.